The van der Waals surface area contributed by atoms with Crippen LogP contribution >= 0.6 is 0 Å². The SMILES string of the molecule is CCCCOC(=O)C(N)(N)CCC=O. The second kappa shape index (κ2) is 6.50. The average molecular weight is 202 g/mol. The van der Waals surface area contributed by atoms with Crippen LogP contribution in [0.4, 0.5) is 0 Å². The van der Waals surface area contributed by atoms with Crippen molar-refractivity contribution in [2.75, 3.05) is 6.61 Å². The van der Waals surface area contributed by atoms with Crippen molar-refractivity contribution < 1.29 is 14.3 Å². The second-order valence-corrected chi connectivity index (χ2v) is 3.24. The first kappa shape index (κ1) is 13.1. The third-order valence-electron chi connectivity index (χ3n) is 1.79. The lowest BCUT2D eigenvalue weighted by atomic mass is 10.1. The zero-order chi connectivity index (χ0) is 11.0. The zero-order valence-corrected chi connectivity index (χ0v) is 8.49. The Labute approximate surface area is 83.8 Å². The van der Waals surface area contributed by atoms with E-state index >= 15 is 0 Å². The van der Waals surface area contributed by atoms with E-state index in [1.165, 1.54) is 0 Å². The van der Waals surface area contributed by atoms with Crippen molar-refractivity contribution in [1.82, 2.24) is 0 Å². The molecule has 14 heavy (non-hydrogen) atoms. The summed E-state index contributed by atoms with van der Waals surface area (Å²) in [6.45, 7) is 2.31. The molecule has 82 valence electrons. The summed E-state index contributed by atoms with van der Waals surface area (Å²) in [5.74, 6) is -0.646. The molecule has 0 saturated heterocycles. The summed E-state index contributed by atoms with van der Waals surface area (Å²) in [6.07, 6.45) is 2.67. The standard InChI is InChI=1S/C9H18N2O3/c1-2-3-7-14-8(13)9(10,11)5-4-6-12/h6H,2-5,7,10-11H2,1H3. The normalized spacial score (nSPS) is 11.1. The Bertz CT molecular complexity index is 192. The molecule has 0 radical (unpaired) electrons. The van der Waals surface area contributed by atoms with Crippen molar-refractivity contribution in [2.45, 2.75) is 38.3 Å². The molecule has 0 aromatic carbocycles. The van der Waals surface area contributed by atoms with E-state index in [1.807, 2.05) is 6.92 Å². The maximum Gasteiger partial charge on any atom is 0.340 e. The molecule has 0 aliphatic heterocycles. The average Bonchev–Trinajstić information content (AvgIpc) is 2.15. The lowest BCUT2D eigenvalue weighted by Crippen LogP contribution is -2.57. The van der Waals surface area contributed by atoms with Crippen molar-refractivity contribution >= 4 is 12.3 Å². The van der Waals surface area contributed by atoms with Crippen LogP contribution in [-0.2, 0) is 14.3 Å². The van der Waals surface area contributed by atoms with E-state index in [2.05, 4.69) is 0 Å². The second-order valence-electron chi connectivity index (χ2n) is 3.24. The van der Waals surface area contributed by atoms with Crippen molar-refractivity contribution in [1.29, 1.82) is 0 Å². The van der Waals surface area contributed by atoms with E-state index in [0.29, 0.717) is 12.9 Å². The quantitative estimate of drug-likeness (QED) is 0.260. The molecule has 0 unspecified atom stereocenters. The zero-order valence-electron chi connectivity index (χ0n) is 8.49. The first-order valence-electron chi connectivity index (χ1n) is 4.73. The van der Waals surface area contributed by atoms with Crippen molar-refractivity contribution in [3.63, 3.8) is 0 Å². The molecule has 5 heteroatoms. The highest BCUT2D eigenvalue weighted by Crippen LogP contribution is 2.04. The number of aldehydes is 1. The van der Waals surface area contributed by atoms with Crippen LogP contribution in [0.5, 0.6) is 0 Å². The molecular weight excluding hydrogens is 184 g/mol. The van der Waals surface area contributed by atoms with Gasteiger partial charge in [0.25, 0.3) is 0 Å². The number of rotatable bonds is 7. The van der Waals surface area contributed by atoms with Crippen LogP contribution in [0.1, 0.15) is 32.6 Å². The van der Waals surface area contributed by atoms with Gasteiger partial charge in [0, 0.05) is 6.42 Å². The summed E-state index contributed by atoms with van der Waals surface area (Å²) < 4.78 is 4.84. The number of carbonyl (C=O) groups is 2. The Hall–Kier alpha value is -0.940. The minimum absolute atomic E-state index is 0.113. The molecule has 0 atom stereocenters. The van der Waals surface area contributed by atoms with Crippen LogP contribution in [0.15, 0.2) is 0 Å². The van der Waals surface area contributed by atoms with Gasteiger partial charge >= 0.3 is 5.97 Å². The van der Waals surface area contributed by atoms with Crippen molar-refractivity contribution in [3.8, 4) is 0 Å². The third kappa shape index (κ3) is 4.94. The van der Waals surface area contributed by atoms with Gasteiger partial charge in [-0.25, -0.2) is 4.79 Å². The topological polar surface area (TPSA) is 95.4 Å². The highest BCUT2D eigenvalue weighted by Gasteiger charge is 2.30. The van der Waals surface area contributed by atoms with Crippen molar-refractivity contribution in [3.05, 3.63) is 0 Å². The van der Waals surface area contributed by atoms with E-state index in [0.717, 1.165) is 12.8 Å². The van der Waals surface area contributed by atoms with Gasteiger partial charge in [-0.1, -0.05) is 13.3 Å². The first-order valence-corrected chi connectivity index (χ1v) is 4.73. The summed E-state index contributed by atoms with van der Waals surface area (Å²) in [4.78, 5) is 21.3. The van der Waals surface area contributed by atoms with Gasteiger partial charge < -0.3 is 21.0 Å². The van der Waals surface area contributed by atoms with Gasteiger partial charge in [0.05, 0.1) is 6.61 Å². The third-order valence-corrected chi connectivity index (χ3v) is 1.79. The molecule has 0 heterocycles. The summed E-state index contributed by atoms with van der Waals surface area (Å²) in [5.41, 5.74) is 9.41. The van der Waals surface area contributed by atoms with Gasteiger partial charge in [-0.3, -0.25) is 0 Å². The van der Waals surface area contributed by atoms with E-state index < -0.39 is 11.6 Å². The number of hydrogen-bond acceptors (Lipinski definition) is 5. The molecule has 0 aromatic rings. The predicted molar refractivity (Wildman–Crippen MR) is 52.3 cm³/mol. The van der Waals surface area contributed by atoms with Gasteiger partial charge in [-0.15, -0.1) is 0 Å². The van der Waals surface area contributed by atoms with Gasteiger partial charge in [-0.2, -0.15) is 0 Å². The molecule has 0 amide bonds. The lowest BCUT2D eigenvalue weighted by Gasteiger charge is -2.21. The number of unbranched alkanes of at least 4 members (excludes halogenated alkanes) is 1. The van der Waals surface area contributed by atoms with E-state index in [4.69, 9.17) is 16.2 Å². The Kier molecular flexibility index (Phi) is 6.07. The molecule has 0 spiro atoms. The number of carbonyl (C=O) groups excluding carboxylic acids is 2. The molecule has 0 saturated carbocycles. The van der Waals surface area contributed by atoms with Crippen LogP contribution in [-0.4, -0.2) is 24.5 Å². The molecule has 0 fully saturated rings. The Balaban J connectivity index is 3.87. The highest BCUT2D eigenvalue weighted by molar-refractivity contribution is 5.80. The van der Waals surface area contributed by atoms with Gasteiger partial charge in [-0.05, 0) is 12.8 Å². The van der Waals surface area contributed by atoms with Crippen LogP contribution in [0.25, 0.3) is 0 Å². The van der Waals surface area contributed by atoms with E-state index in [-0.39, 0.29) is 12.8 Å². The Morgan fingerprint density at radius 3 is 2.64 bits per heavy atom. The van der Waals surface area contributed by atoms with Crippen LogP contribution in [0.3, 0.4) is 0 Å². The summed E-state index contributed by atoms with van der Waals surface area (Å²) >= 11 is 0. The van der Waals surface area contributed by atoms with Gasteiger partial charge in [0.2, 0.25) is 0 Å². The van der Waals surface area contributed by atoms with Crippen LogP contribution in [0, 0.1) is 0 Å². The summed E-state index contributed by atoms with van der Waals surface area (Å²) in [5, 5.41) is 0. The number of esters is 1. The minimum Gasteiger partial charge on any atom is -0.463 e. The molecule has 0 aliphatic rings. The molecule has 0 rings (SSSR count). The molecule has 5 nitrogen and oxygen atoms in total. The Morgan fingerprint density at radius 1 is 1.50 bits per heavy atom. The molecule has 0 bridgehead atoms. The largest absolute Gasteiger partial charge is 0.463 e. The van der Waals surface area contributed by atoms with Crippen LogP contribution in [0.2, 0.25) is 0 Å². The maximum atomic E-state index is 11.3. The molecule has 0 aliphatic carbocycles. The van der Waals surface area contributed by atoms with E-state index in [9.17, 15) is 9.59 Å². The first-order chi connectivity index (χ1) is 6.54. The minimum atomic E-state index is -1.53. The highest BCUT2D eigenvalue weighted by atomic mass is 16.5. The monoisotopic (exact) mass is 202 g/mol. The number of hydrogen-bond donors (Lipinski definition) is 2. The van der Waals surface area contributed by atoms with Gasteiger partial charge in [0.15, 0.2) is 5.66 Å². The lowest BCUT2D eigenvalue weighted by molar-refractivity contribution is -0.150. The molecule has 4 N–H and O–H groups in total. The fourth-order valence-corrected chi connectivity index (χ4v) is 0.843. The summed E-state index contributed by atoms with van der Waals surface area (Å²) in [6, 6.07) is 0. The predicted octanol–water partition coefficient (Wildman–Crippen LogP) is -0.0775. The number of nitrogens with two attached hydrogens (primary N) is 2. The fraction of sp³-hybridized carbons (Fsp3) is 0.778. The summed E-state index contributed by atoms with van der Waals surface area (Å²) in [7, 11) is 0. The van der Waals surface area contributed by atoms with E-state index in [1.54, 1.807) is 0 Å². The maximum absolute atomic E-state index is 11.3. The smallest absolute Gasteiger partial charge is 0.340 e. The van der Waals surface area contributed by atoms with Gasteiger partial charge in [0.1, 0.15) is 6.29 Å². The molecule has 0 aromatic heterocycles. The van der Waals surface area contributed by atoms with Crippen LogP contribution < -0.4 is 11.5 Å². The fourth-order valence-electron chi connectivity index (χ4n) is 0.843. The van der Waals surface area contributed by atoms with Crippen molar-refractivity contribution in [2.24, 2.45) is 11.5 Å². The number of ether oxygens (including phenoxy) is 1. The Morgan fingerprint density at radius 2 is 2.14 bits per heavy atom. The molecular formula is C9H18N2O3.